The lowest BCUT2D eigenvalue weighted by molar-refractivity contribution is -0.161. The fraction of sp³-hybridized carbons (Fsp3) is 0.939. The summed E-state index contributed by atoms with van der Waals surface area (Å²) in [4.78, 5) is 34.6. The van der Waals surface area contributed by atoms with E-state index in [1.54, 1.807) is 0 Å². The van der Waals surface area contributed by atoms with Crippen molar-refractivity contribution < 1.29 is 47.8 Å². The van der Waals surface area contributed by atoms with Crippen LogP contribution in [-0.2, 0) is 32.7 Å². The van der Waals surface area contributed by atoms with Crippen molar-refractivity contribution in [1.82, 2.24) is 0 Å². The Morgan fingerprint density at radius 3 is 1.41 bits per heavy atom. The van der Waals surface area contributed by atoms with E-state index in [9.17, 15) is 24.2 Å². The van der Waals surface area contributed by atoms with Crippen molar-refractivity contribution in [3.8, 4) is 0 Å². The Kier molecular flexibility index (Phi) is 29.9. The standard InChI is InChI=1S/C33H65O10P/c1-3-5-7-9-11-13-15-17-19-21-23-25-33(37)43-31(29-42-44(38,39)41-27-30(35)26-34)28-40-32(36)24-22-20-18-16-14-12-10-8-6-4-2/h30-31,34-35H,3-29H2,1-2H3,(H,38,39)/t30-,31+/m0/s1. The van der Waals surface area contributed by atoms with Gasteiger partial charge in [0.1, 0.15) is 12.7 Å². The number of aliphatic hydroxyl groups is 2. The van der Waals surface area contributed by atoms with Gasteiger partial charge in [-0.15, -0.1) is 0 Å². The smallest absolute Gasteiger partial charge is 0.462 e. The van der Waals surface area contributed by atoms with Crippen LogP contribution in [0.1, 0.15) is 162 Å². The van der Waals surface area contributed by atoms with Gasteiger partial charge in [-0.25, -0.2) is 4.57 Å². The first-order chi connectivity index (χ1) is 21.2. The predicted molar refractivity (Wildman–Crippen MR) is 173 cm³/mol. The van der Waals surface area contributed by atoms with Crippen molar-refractivity contribution in [3.63, 3.8) is 0 Å². The van der Waals surface area contributed by atoms with Gasteiger partial charge in [0.2, 0.25) is 0 Å². The van der Waals surface area contributed by atoms with Crippen molar-refractivity contribution in [2.75, 3.05) is 26.4 Å². The minimum atomic E-state index is -4.59. The number of aliphatic hydroxyl groups excluding tert-OH is 2. The average Bonchev–Trinajstić information content (AvgIpc) is 3.00. The summed E-state index contributed by atoms with van der Waals surface area (Å²) in [6, 6.07) is 0. The molecule has 0 aromatic rings. The van der Waals surface area contributed by atoms with Crippen LogP contribution in [0.25, 0.3) is 0 Å². The van der Waals surface area contributed by atoms with Crippen LogP contribution in [-0.4, -0.2) is 65.7 Å². The highest BCUT2D eigenvalue weighted by atomic mass is 31.2. The van der Waals surface area contributed by atoms with Gasteiger partial charge < -0.3 is 24.6 Å². The van der Waals surface area contributed by atoms with Crippen molar-refractivity contribution >= 4 is 19.8 Å². The topological polar surface area (TPSA) is 149 Å². The second-order valence-electron chi connectivity index (χ2n) is 11.9. The summed E-state index contributed by atoms with van der Waals surface area (Å²) in [5.41, 5.74) is 0. The Bertz CT molecular complexity index is 721. The third kappa shape index (κ3) is 29.7. The number of esters is 2. The van der Waals surface area contributed by atoms with Crippen LogP contribution < -0.4 is 0 Å². The Hall–Kier alpha value is -1.03. The molecule has 0 spiro atoms. The fourth-order valence-corrected chi connectivity index (χ4v) is 5.55. The minimum absolute atomic E-state index is 0.191. The lowest BCUT2D eigenvalue weighted by Crippen LogP contribution is -2.29. The number of unbranched alkanes of at least 4 members (excludes halogenated alkanes) is 19. The third-order valence-electron chi connectivity index (χ3n) is 7.51. The van der Waals surface area contributed by atoms with E-state index >= 15 is 0 Å². The van der Waals surface area contributed by atoms with Gasteiger partial charge in [-0.3, -0.25) is 18.6 Å². The van der Waals surface area contributed by atoms with Crippen molar-refractivity contribution in [1.29, 1.82) is 0 Å². The van der Waals surface area contributed by atoms with Gasteiger partial charge in [0.05, 0.1) is 19.8 Å². The van der Waals surface area contributed by atoms with Gasteiger partial charge in [-0.05, 0) is 12.8 Å². The van der Waals surface area contributed by atoms with Crippen LogP contribution in [0.2, 0.25) is 0 Å². The van der Waals surface area contributed by atoms with Crippen LogP contribution in [0.15, 0.2) is 0 Å². The number of hydrogen-bond donors (Lipinski definition) is 3. The molecule has 0 aliphatic heterocycles. The first-order valence-corrected chi connectivity index (χ1v) is 19.0. The Balaban J connectivity index is 4.41. The molecule has 3 atom stereocenters. The van der Waals surface area contributed by atoms with Crippen LogP contribution in [0.3, 0.4) is 0 Å². The monoisotopic (exact) mass is 652 g/mol. The summed E-state index contributed by atoms with van der Waals surface area (Å²) in [5.74, 6) is -0.921. The summed E-state index contributed by atoms with van der Waals surface area (Å²) in [7, 11) is -4.59. The van der Waals surface area contributed by atoms with Gasteiger partial charge in [-0.1, -0.05) is 136 Å². The van der Waals surface area contributed by atoms with E-state index in [1.807, 2.05) is 0 Å². The number of rotatable bonds is 33. The minimum Gasteiger partial charge on any atom is -0.462 e. The molecule has 0 fully saturated rings. The van der Waals surface area contributed by atoms with E-state index < -0.39 is 51.8 Å². The maximum atomic E-state index is 12.5. The molecule has 0 amide bonds. The molecule has 0 bridgehead atoms. The lowest BCUT2D eigenvalue weighted by Gasteiger charge is -2.20. The summed E-state index contributed by atoms with van der Waals surface area (Å²) < 4.78 is 32.4. The predicted octanol–water partition coefficient (Wildman–Crippen LogP) is 7.94. The van der Waals surface area contributed by atoms with Crippen molar-refractivity contribution in [3.05, 3.63) is 0 Å². The molecule has 3 N–H and O–H groups in total. The Morgan fingerprint density at radius 2 is 0.977 bits per heavy atom. The quantitative estimate of drug-likeness (QED) is 0.0362. The molecular formula is C33H65O10P. The highest BCUT2D eigenvalue weighted by Gasteiger charge is 2.27. The van der Waals surface area contributed by atoms with Crippen molar-refractivity contribution in [2.45, 2.75) is 174 Å². The zero-order valence-electron chi connectivity index (χ0n) is 27.9. The molecule has 44 heavy (non-hydrogen) atoms. The Labute approximate surface area is 267 Å². The molecule has 0 saturated heterocycles. The fourth-order valence-electron chi connectivity index (χ4n) is 4.76. The highest BCUT2D eigenvalue weighted by Crippen LogP contribution is 2.43. The van der Waals surface area contributed by atoms with Crippen LogP contribution in [0, 0.1) is 0 Å². The zero-order valence-corrected chi connectivity index (χ0v) is 28.8. The van der Waals surface area contributed by atoms with E-state index in [4.69, 9.17) is 19.1 Å². The molecule has 0 aromatic heterocycles. The molecule has 1 unspecified atom stereocenters. The normalized spacial score (nSPS) is 14.2. The third-order valence-corrected chi connectivity index (χ3v) is 8.46. The summed E-state index contributed by atoms with van der Waals surface area (Å²) in [5, 5.41) is 18.2. The molecule has 0 aliphatic carbocycles. The molecule has 11 heteroatoms. The van der Waals surface area contributed by atoms with Gasteiger partial charge in [0.25, 0.3) is 0 Å². The largest absolute Gasteiger partial charge is 0.472 e. The SMILES string of the molecule is CCCCCCCCCCCCCC(=O)O[C@H](COC(=O)CCCCCCCCCCCC)COP(=O)(O)OC[C@@H](O)CO. The molecule has 0 aliphatic rings. The Morgan fingerprint density at radius 1 is 0.591 bits per heavy atom. The molecule has 0 radical (unpaired) electrons. The maximum absolute atomic E-state index is 12.5. The maximum Gasteiger partial charge on any atom is 0.472 e. The van der Waals surface area contributed by atoms with Gasteiger partial charge in [0, 0.05) is 12.8 Å². The highest BCUT2D eigenvalue weighted by molar-refractivity contribution is 7.47. The van der Waals surface area contributed by atoms with E-state index in [0.29, 0.717) is 12.8 Å². The number of ether oxygens (including phenoxy) is 2. The van der Waals surface area contributed by atoms with Crippen LogP contribution >= 0.6 is 7.82 Å². The van der Waals surface area contributed by atoms with E-state index in [1.165, 1.54) is 83.5 Å². The van der Waals surface area contributed by atoms with Crippen molar-refractivity contribution in [2.24, 2.45) is 0 Å². The summed E-state index contributed by atoms with van der Waals surface area (Å²) >= 11 is 0. The molecule has 0 aromatic carbocycles. The second kappa shape index (κ2) is 30.6. The number of carbonyl (C=O) groups is 2. The first-order valence-electron chi connectivity index (χ1n) is 17.5. The molecule has 262 valence electrons. The number of phosphoric acid groups is 1. The molecule has 0 saturated carbocycles. The zero-order chi connectivity index (χ0) is 32.7. The van der Waals surface area contributed by atoms with Crippen LogP contribution in [0.4, 0.5) is 0 Å². The number of carbonyl (C=O) groups excluding carboxylic acids is 2. The van der Waals surface area contributed by atoms with Gasteiger partial charge in [0.15, 0.2) is 6.10 Å². The van der Waals surface area contributed by atoms with Gasteiger partial charge in [-0.2, -0.15) is 0 Å². The van der Waals surface area contributed by atoms with Gasteiger partial charge >= 0.3 is 19.8 Å². The lowest BCUT2D eigenvalue weighted by atomic mass is 10.1. The molecule has 10 nitrogen and oxygen atoms in total. The summed E-state index contributed by atoms with van der Waals surface area (Å²) in [6.07, 6.45) is 22.2. The van der Waals surface area contributed by atoms with Crippen LogP contribution in [0.5, 0.6) is 0 Å². The molecule has 0 heterocycles. The van der Waals surface area contributed by atoms with E-state index in [-0.39, 0.29) is 19.4 Å². The summed E-state index contributed by atoms with van der Waals surface area (Å²) in [6.45, 7) is 2.34. The van der Waals surface area contributed by atoms with E-state index in [0.717, 1.165) is 38.5 Å². The number of phosphoric ester groups is 1. The average molecular weight is 653 g/mol. The van der Waals surface area contributed by atoms with E-state index in [2.05, 4.69) is 18.4 Å². The molecule has 0 rings (SSSR count). The second-order valence-corrected chi connectivity index (χ2v) is 13.4. The number of hydrogen-bond acceptors (Lipinski definition) is 9. The molecular weight excluding hydrogens is 587 g/mol. The first kappa shape index (κ1) is 43.0.